The Morgan fingerprint density at radius 3 is 2.46 bits per heavy atom. The number of thiocarbonyl (C=S) groups is 1. The molecule has 2 atom stereocenters. The number of hydrogen-bond acceptors (Lipinski definition) is 2. The highest BCUT2D eigenvalue weighted by Gasteiger charge is 2.40. The number of nitrogens with zero attached hydrogens (tertiary/aromatic N) is 3. The highest BCUT2D eigenvalue weighted by molar-refractivity contribution is 7.80. The van der Waals surface area contributed by atoms with Gasteiger partial charge in [-0.15, -0.1) is 0 Å². The van der Waals surface area contributed by atoms with E-state index in [1.807, 2.05) is 18.3 Å². The van der Waals surface area contributed by atoms with Crippen LogP contribution in [0.5, 0.6) is 0 Å². The Morgan fingerprint density at radius 2 is 1.82 bits per heavy atom. The van der Waals surface area contributed by atoms with Crippen LogP contribution in [0.4, 0.5) is 0 Å². The third-order valence-electron chi connectivity index (χ3n) is 5.62. The van der Waals surface area contributed by atoms with Crippen molar-refractivity contribution >= 4 is 17.3 Å². The summed E-state index contributed by atoms with van der Waals surface area (Å²) in [7, 11) is 0. The molecule has 3 heterocycles. The Labute approximate surface area is 172 Å². The van der Waals surface area contributed by atoms with Gasteiger partial charge >= 0.3 is 0 Å². The summed E-state index contributed by atoms with van der Waals surface area (Å²) < 4.78 is 2.33. The molecule has 1 aromatic carbocycles. The minimum Gasteiger partial charge on any atom is -0.352 e. The van der Waals surface area contributed by atoms with Crippen molar-refractivity contribution in [1.82, 2.24) is 19.8 Å². The predicted octanol–water partition coefficient (Wildman–Crippen LogP) is 4.79. The SMILES string of the molecule is CCN1C(=S)NC(c2ccccn2)C1c1cc(C)n(-c2ccc(C)cc2)c1C. The molecule has 1 N–H and O–H groups in total. The topological polar surface area (TPSA) is 33.1 Å². The summed E-state index contributed by atoms with van der Waals surface area (Å²) in [5.41, 5.74) is 7.25. The first-order valence-electron chi connectivity index (χ1n) is 9.75. The lowest BCUT2D eigenvalue weighted by Crippen LogP contribution is -2.29. The summed E-state index contributed by atoms with van der Waals surface area (Å²) in [4.78, 5) is 6.88. The monoisotopic (exact) mass is 390 g/mol. The van der Waals surface area contributed by atoms with Crippen LogP contribution in [0.15, 0.2) is 54.7 Å². The third kappa shape index (κ3) is 3.10. The van der Waals surface area contributed by atoms with Crippen molar-refractivity contribution in [3.05, 3.63) is 82.9 Å². The maximum atomic E-state index is 5.66. The molecule has 3 aromatic rings. The first-order valence-corrected chi connectivity index (χ1v) is 10.2. The van der Waals surface area contributed by atoms with Crippen LogP contribution in [-0.4, -0.2) is 26.1 Å². The second-order valence-corrected chi connectivity index (χ2v) is 7.80. The molecule has 1 fully saturated rings. The number of aromatic nitrogens is 2. The number of rotatable bonds is 4. The van der Waals surface area contributed by atoms with Gasteiger partial charge in [-0.2, -0.15) is 0 Å². The van der Waals surface area contributed by atoms with Gasteiger partial charge in [0.05, 0.1) is 17.8 Å². The van der Waals surface area contributed by atoms with Gasteiger partial charge in [-0.3, -0.25) is 4.98 Å². The molecular weight excluding hydrogens is 364 g/mol. The fourth-order valence-electron chi connectivity index (χ4n) is 4.26. The van der Waals surface area contributed by atoms with Crippen molar-refractivity contribution < 1.29 is 0 Å². The summed E-state index contributed by atoms with van der Waals surface area (Å²) in [6.45, 7) is 9.50. The number of likely N-dealkylation sites (N-methyl/N-ethyl adjacent to an activating group) is 1. The van der Waals surface area contributed by atoms with Crippen LogP contribution in [0.25, 0.3) is 5.69 Å². The fraction of sp³-hybridized carbons (Fsp3) is 0.304. The molecule has 5 heteroatoms. The van der Waals surface area contributed by atoms with Crippen molar-refractivity contribution in [3.63, 3.8) is 0 Å². The molecule has 0 bridgehead atoms. The quantitative estimate of drug-likeness (QED) is 0.650. The first-order chi connectivity index (χ1) is 13.5. The molecule has 0 spiro atoms. The van der Waals surface area contributed by atoms with Gasteiger partial charge in [0, 0.05) is 29.8 Å². The lowest BCUT2D eigenvalue weighted by atomic mass is 9.97. The number of aryl methyl sites for hydroxylation is 2. The molecule has 0 aliphatic carbocycles. The normalized spacial score (nSPS) is 19.1. The van der Waals surface area contributed by atoms with Gasteiger partial charge in [0.2, 0.25) is 0 Å². The highest BCUT2D eigenvalue weighted by Crippen LogP contribution is 2.41. The smallest absolute Gasteiger partial charge is 0.170 e. The lowest BCUT2D eigenvalue weighted by molar-refractivity contribution is 0.329. The average molecular weight is 391 g/mol. The van der Waals surface area contributed by atoms with E-state index in [1.165, 1.54) is 28.2 Å². The Kier molecular flexibility index (Phi) is 4.94. The minimum atomic E-state index is 0.0422. The Bertz CT molecular complexity index is 991. The van der Waals surface area contributed by atoms with E-state index < -0.39 is 0 Å². The molecule has 4 nitrogen and oxygen atoms in total. The lowest BCUT2D eigenvalue weighted by Gasteiger charge is -2.27. The van der Waals surface area contributed by atoms with Crippen molar-refractivity contribution in [2.75, 3.05) is 6.54 Å². The second-order valence-electron chi connectivity index (χ2n) is 7.41. The van der Waals surface area contributed by atoms with Crippen molar-refractivity contribution in [2.24, 2.45) is 0 Å². The zero-order valence-electron chi connectivity index (χ0n) is 16.8. The molecule has 0 amide bonds. The maximum absolute atomic E-state index is 5.66. The van der Waals surface area contributed by atoms with E-state index in [-0.39, 0.29) is 12.1 Å². The van der Waals surface area contributed by atoms with Crippen LogP contribution in [-0.2, 0) is 0 Å². The zero-order chi connectivity index (χ0) is 19.8. The van der Waals surface area contributed by atoms with Crippen molar-refractivity contribution in [1.29, 1.82) is 0 Å². The minimum absolute atomic E-state index is 0.0422. The van der Waals surface area contributed by atoms with Gasteiger partial charge in [0.15, 0.2) is 5.11 Å². The van der Waals surface area contributed by atoms with E-state index in [1.54, 1.807) is 0 Å². The molecule has 2 aromatic heterocycles. The van der Waals surface area contributed by atoms with Crippen LogP contribution in [0.2, 0.25) is 0 Å². The molecule has 144 valence electrons. The largest absolute Gasteiger partial charge is 0.352 e. The molecule has 1 saturated heterocycles. The van der Waals surface area contributed by atoms with Crippen LogP contribution in [0.1, 0.15) is 47.2 Å². The zero-order valence-corrected chi connectivity index (χ0v) is 17.6. The second kappa shape index (κ2) is 7.40. The molecule has 1 aliphatic heterocycles. The van der Waals surface area contributed by atoms with Gasteiger partial charge in [-0.25, -0.2) is 0 Å². The average Bonchev–Trinajstić information content (AvgIpc) is 3.18. The number of benzene rings is 1. The van der Waals surface area contributed by atoms with E-state index >= 15 is 0 Å². The Hall–Kier alpha value is -2.66. The molecular formula is C23H26N4S. The maximum Gasteiger partial charge on any atom is 0.170 e. The molecule has 0 saturated carbocycles. The first kappa shape index (κ1) is 18.7. The van der Waals surface area contributed by atoms with Gasteiger partial charge in [-0.1, -0.05) is 23.8 Å². The Morgan fingerprint density at radius 1 is 1.07 bits per heavy atom. The summed E-state index contributed by atoms with van der Waals surface area (Å²) in [5.74, 6) is 0. The van der Waals surface area contributed by atoms with Gasteiger partial charge in [0.25, 0.3) is 0 Å². The van der Waals surface area contributed by atoms with E-state index in [2.05, 4.69) is 83.9 Å². The van der Waals surface area contributed by atoms with Gasteiger partial charge in [0.1, 0.15) is 0 Å². The summed E-state index contributed by atoms with van der Waals surface area (Å²) >= 11 is 5.66. The van der Waals surface area contributed by atoms with E-state index in [4.69, 9.17) is 12.2 Å². The van der Waals surface area contributed by atoms with E-state index in [0.29, 0.717) is 0 Å². The number of nitrogens with one attached hydrogen (secondary N) is 1. The van der Waals surface area contributed by atoms with Crippen LogP contribution >= 0.6 is 12.2 Å². The highest BCUT2D eigenvalue weighted by atomic mass is 32.1. The fourth-order valence-corrected chi connectivity index (χ4v) is 4.63. The molecule has 28 heavy (non-hydrogen) atoms. The van der Waals surface area contributed by atoms with Crippen molar-refractivity contribution in [3.8, 4) is 5.69 Å². The van der Waals surface area contributed by atoms with Crippen LogP contribution in [0, 0.1) is 20.8 Å². The third-order valence-corrected chi connectivity index (χ3v) is 5.97. The number of hydrogen-bond donors (Lipinski definition) is 1. The van der Waals surface area contributed by atoms with Crippen LogP contribution < -0.4 is 5.32 Å². The summed E-state index contributed by atoms with van der Waals surface area (Å²) in [6, 6.07) is 17.2. The molecule has 1 aliphatic rings. The van der Waals surface area contributed by atoms with E-state index in [9.17, 15) is 0 Å². The van der Waals surface area contributed by atoms with Gasteiger partial charge < -0.3 is 14.8 Å². The van der Waals surface area contributed by atoms with Crippen molar-refractivity contribution in [2.45, 2.75) is 39.8 Å². The molecule has 4 rings (SSSR count). The van der Waals surface area contributed by atoms with E-state index in [0.717, 1.165) is 17.4 Å². The van der Waals surface area contributed by atoms with Gasteiger partial charge in [-0.05, 0) is 75.8 Å². The Balaban J connectivity index is 1.82. The predicted molar refractivity (Wildman–Crippen MR) is 118 cm³/mol. The standard InChI is InChI=1S/C23H26N4S/c1-5-26-22(21(25-23(26)28)20-8-6-7-13-24-20)19-14-16(3)27(17(19)4)18-11-9-15(2)10-12-18/h6-14,21-22H,5H2,1-4H3,(H,25,28). The summed E-state index contributed by atoms with van der Waals surface area (Å²) in [6.07, 6.45) is 1.85. The number of pyridine rings is 1. The summed E-state index contributed by atoms with van der Waals surface area (Å²) in [5, 5.41) is 4.30. The van der Waals surface area contributed by atoms with Crippen LogP contribution in [0.3, 0.4) is 0 Å². The molecule has 0 radical (unpaired) electrons. The molecule has 2 unspecified atom stereocenters.